The summed E-state index contributed by atoms with van der Waals surface area (Å²) in [5, 5.41) is 5.01. The number of rotatable bonds is 8. The van der Waals surface area contributed by atoms with Gasteiger partial charge >= 0.3 is 0 Å². The third kappa shape index (κ3) is 4.79. The number of benzene rings is 2. The van der Waals surface area contributed by atoms with Crippen molar-refractivity contribution < 1.29 is 18.0 Å². The van der Waals surface area contributed by atoms with Crippen LogP contribution in [0.15, 0.2) is 70.9 Å². The highest BCUT2D eigenvalue weighted by molar-refractivity contribution is 7.89. The molecule has 1 fully saturated rings. The molecule has 2 heterocycles. The maximum absolute atomic E-state index is 14.0. The number of amides is 2. The molecule has 7 nitrogen and oxygen atoms in total. The molecule has 1 N–H and O–H groups in total. The second-order valence-electron chi connectivity index (χ2n) is 9.78. The summed E-state index contributed by atoms with van der Waals surface area (Å²) in [6.07, 6.45) is 4.03. The Balaban J connectivity index is 1.50. The molecule has 2 aromatic carbocycles. The summed E-state index contributed by atoms with van der Waals surface area (Å²) < 4.78 is 27.2. The van der Waals surface area contributed by atoms with E-state index < -0.39 is 22.0 Å². The van der Waals surface area contributed by atoms with Crippen molar-refractivity contribution in [3.63, 3.8) is 0 Å². The summed E-state index contributed by atoms with van der Waals surface area (Å²) in [4.78, 5) is 31.0. The highest BCUT2D eigenvalue weighted by Gasteiger charge is 2.47. The molecule has 3 aromatic rings. The van der Waals surface area contributed by atoms with Crippen LogP contribution in [0.4, 0.5) is 5.69 Å². The minimum absolute atomic E-state index is 0.0130. The van der Waals surface area contributed by atoms with Crippen LogP contribution >= 0.6 is 11.3 Å². The first-order valence-electron chi connectivity index (χ1n) is 13.2. The minimum Gasteiger partial charge on any atom is -0.327 e. The molecule has 1 aliphatic heterocycles. The number of carbonyl (C=O) groups is 2. The van der Waals surface area contributed by atoms with Gasteiger partial charge in [-0.1, -0.05) is 51.0 Å². The van der Waals surface area contributed by atoms with E-state index in [4.69, 9.17) is 0 Å². The van der Waals surface area contributed by atoms with Crippen LogP contribution in [0, 0.1) is 0 Å². The first kappa shape index (κ1) is 26.6. The molecule has 0 spiro atoms. The molecule has 0 unspecified atom stereocenters. The molecule has 2 amide bonds. The SMILES string of the molecule is CCN(CC)S(=O)(=O)c1ccc(NC(=O)[C@@H]2c3ccccc3C(=O)N(C3CCCC3)[C@@H]2c2cccs2)cc1. The fourth-order valence-electron chi connectivity index (χ4n) is 5.82. The summed E-state index contributed by atoms with van der Waals surface area (Å²) in [6, 6.07) is 17.4. The number of hydrogen-bond acceptors (Lipinski definition) is 5. The molecule has 0 saturated heterocycles. The fraction of sp³-hybridized carbons (Fsp3) is 0.379. The average Bonchev–Trinajstić information content (AvgIpc) is 3.64. The van der Waals surface area contributed by atoms with Crippen molar-refractivity contribution in [1.82, 2.24) is 9.21 Å². The molecular weight excluding hydrogens is 518 g/mol. The lowest BCUT2D eigenvalue weighted by atomic mass is 9.80. The van der Waals surface area contributed by atoms with Crippen LogP contribution in [0.2, 0.25) is 0 Å². The Bertz CT molecular complexity index is 1390. The van der Waals surface area contributed by atoms with Gasteiger partial charge in [-0.25, -0.2) is 8.42 Å². The topological polar surface area (TPSA) is 86.8 Å². The summed E-state index contributed by atoms with van der Waals surface area (Å²) in [7, 11) is -3.59. The van der Waals surface area contributed by atoms with Crippen molar-refractivity contribution >= 4 is 38.9 Å². The van der Waals surface area contributed by atoms with Crippen LogP contribution in [0.25, 0.3) is 0 Å². The van der Waals surface area contributed by atoms with Crippen LogP contribution < -0.4 is 5.32 Å². The van der Waals surface area contributed by atoms with Crippen LogP contribution in [-0.4, -0.2) is 48.6 Å². The van der Waals surface area contributed by atoms with Gasteiger partial charge in [-0.3, -0.25) is 9.59 Å². The Labute approximate surface area is 228 Å². The summed E-state index contributed by atoms with van der Waals surface area (Å²) in [6.45, 7) is 4.39. The number of nitrogens with one attached hydrogen (secondary N) is 1. The predicted octanol–water partition coefficient (Wildman–Crippen LogP) is 5.64. The molecule has 200 valence electrons. The van der Waals surface area contributed by atoms with Crippen LogP contribution in [-0.2, 0) is 14.8 Å². The third-order valence-electron chi connectivity index (χ3n) is 7.68. The summed E-state index contributed by atoms with van der Waals surface area (Å²) >= 11 is 1.56. The van der Waals surface area contributed by atoms with Gasteiger partial charge in [-0.05, 0) is 60.2 Å². The van der Waals surface area contributed by atoms with Crippen LogP contribution in [0.1, 0.15) is 72.3 Å². The van der Waals surface area contributed by atoms with Gasteiger partial charge in [0, 0.05) is 35.3 Å². The molecule has 2 aliphatic rings. The van der Waals surface area contributed by atoms with Gasteiger partial charge in [0.15, 0.2) is 0 Å². The molecule has 9 heteroatoms. The highest BCUT2D eigenvalue weighted by atomic mass is 32.2. The Morgan fingerprint density at radius 3 is 2.32 bits per heavy atom. The van der Waals surface area contributed by atoms with E-state index in [-0.39, 0.29) is 22.8 Å². The van der Waals surface area contributed by atoms with Crippen molar-refractivity contribution in [3.05, 3.63) is 82.0 Å². The standard InChI is InChI=1S/C29H33N3O4S2/c1-3-31(4-2)38(35,36)22-17-15-20(16-18-22)30-28(33)26-23-12-7-8-13-24(23)29(34)32(21-10-5-6-11-21)27(26)25-14-9-19-37-25/h7-9,12-19,21,26-27H,3-6,10-11H2,1-2H3,(H,30,33)/t26-,27-/m1/s1. The van der Waals surface area contributed by atoms with E-state index in [9.17, 15) is 18.0 Å². The normalized spacial score (nSPS) is 20.1. The Hall–Kier alpha value is -3.01. The number of sulfonamides is 1. The molecule has 0 radical (unpaired) electrons. The zero-order valence-electron chi connectivity index (χ0n) is 21.7. The monoisotopic (exact) mass is 551 g/mol. The lowest BCUT2D eigenvalue weighted by Crippen LogP contribution is -2.49. The van der Waals surface area contributed by atoms with Gasteiger partial charge < -0.3 is 10.2 Å². The number of hydrogen-bond donors (Lipinski definition) is 1. The third-order valence-corrected chi connectivity index (χ3v) is 10.7. The molecule has 1 saturated carbocycles. The van der Waals surface area contributed by atoms with Crippen molar-refractivity contribution in [2.45, 2.75) is 62.4 Å². The van der Waals surface area contributed by atoms with E-state index in [1.807, 2.05) is 46.7 Å². The molecule has 5 rings (SSSR count). The molecule has 38 heavy (non-hydrogen) atoms. The molecule has 1 aliphatic carbocycles. The van der Waals surface area contributed by atoms with E-state index in [1.165, 1.54) is 16.4 Å². The maximum atomic E-state index is 14.0. The maximum Gasteiger partial charge on any atom is 0.254 e. The predicted molar refractivity (Wildman–Crippen MR) is 150 cm³/mol. The number of thiophene rings is 1. The van der Waals surface area contributed by atoms with Gasteiger partial charge in [0.2, 0.25) is 15.9 Å². The van der Waals surface area contributed by atoms with Gasteiger partial charge in [0.1, 0.15) is 0 Å². The first-order chi connectivity index (χ1) is 18.4. The molecule has 2 atom stereocenters. The number of fused-ring (bicyclic) bond motifs is 1. The average molecular weight is 552 g/mol. The van der Waals surface area contributed by atoms with Crippen LogP contribution in [0.3, 0.4) is 0 Å². The van der Waals surface area contributed by atoms with E-state index in [1.54, 1.807) is 37.3 Å². The van der Waals surface area contributed by atoms with Gasteiger partial charge in [-0.15, -0.1) is 11.3 Å². The van der Waals surface area contributed by atoms with Gasteiger partial charge in [0.05, 0.1) is 16.9 Å². The van der Waals surface area contributed by atoms with Crippen molar-refractivity contribution in [1.29, 1.82) is 0 Å². The number of carbonyl (C=O) groups excluding carboxylic acids is 2. The molecule has 0 bridgehead atoms. The highest BCUT2D eigenvalue weighted by Crippen LogP contribution is 2.47. The lowest BCUT2D eigenvalue weighted by Gasteiger charge is -2.44. The summed E-state index contributed by atoms with van der Waals surface area (Å²) in [5.74, 6) is -0.825. The fourth-order valence-corrected chi connectivity index (χ4v) is 8.14. The quantitative estimate of drug-likeness (QED) is 0.393. The Morgan fingerprint density at radius 1 is 1.00 bits per heavy atom. The van der Waals surface area contributed by atoms with E-state index in [2.05, 4.69) is 5.32 Å². The molecular formula is C29H33N3O4S2. The molecule has 1 aromatic heterocycles. The van der Waals surface area contributed by atoms with Gasteiger partial charge in [0.25, 0.3) is 5.91 Å². The minimum atomic E-state index is -3.59. The van der Waals surface area contributed by atoms with E-state index in [0.29, 0.717) is 24.3 Å². The zero-order valence-corrected chi connectivity index (χ0v) is 23.3. The van der Waals surface area contributed by atoms with E-state index >= 15 is 0 Å². The zero-order chi connectivity index (χ0) is 26.9. The second kappa shape index (κ2) is 11.0. The number of anilines is 1. The number of nitrogens with zero attached hydrogens (tertiary/aromatic N) is 2. The van der Waals surface area contributed by atoms with Crippen molar-refractivity contribution in [2.24, 2.45) is 0 Å². The van der Waals surface area contributed by atoms with E-state index in [0.717, 1.165) is 36.1 Å². The largest absolute Gasteiger partial charge is 0.327 e. The van der Waals surface area contributed by atoms with Crippen molar-refractivity contribution in [2.75, 3.05) is 18.4 Å². The smallest absolute Gasteiger partial charge is 0.254 e. The van der Waals surface area contributed by atoms with Crippen LogP contribution in [0.5, 0.6) is 0 Å². The Kier molecular flexibility index (Phi) is 7.70. The Morgan fingerprint density at radius 2 is 1.68 bits per heavy atom. The van der Waals surface area contributed by atoms with Crippen molar-refractivity contribution in [3.8, 4) is 0 Å². The first-order valence-corrected chi connectivity index (χ1v) is 15.5. The van der Waals surface area contributed by atoms with Gasteiger partial charge in [-0.2, -0.15) is 4.31 Å². The summed E-state index contributed by atoms with van der Waals surface area (Å²) in [5.41, 5.74) is 1.82. The second-order valence-corrected chi connectivity index (χ2v) is 12.7. The lowest BCUT2D eigenvalue weighted by molar-refractivity contribution is -0.119.